The number of aromatic hydroxyl groups is 2. The van der Waals surface area contributed by atoms with E-state index >= 15 is 0 Å². The zero-order valence-electron chi connectivity index (χ0n) is 19.3. The maximum absolute atomic E-state index is 12.5. The number of aromatic nitrogens is 1. The van der Waals surface area contributed by atoms with Gasteiger partial charge in [0.25, 0.3) is 0 Å². The lowest BCUT2D eigenvalue weighted by molar-refractivity contribution is -0.130. The van der Waals surface area contributed by atoms with Crippen LogP contribution in [0.5, 0.6) is 11.6 Å². The molecule has 2 aromatic carbocycles. The van der Waals surface area contributed by atoms with Crippen molar-refractivity contribution in [1.29, 1.82) is 0 Å². The molecule has 0 saturated carbocycles. The van der Waals surface area contributed by atoms with E-state index in [1.54, 1.807) is 11.0 Å². The second kappa shape index (κ2) is 11.7. The monoisotopic (exact) mass is 468 g/mol. The Labute approximate surface area is 198 Å². The topological polar surface area (TPSA) is 93.6 Å². The summed E-state index contributed by atoms with van der Waals surface area (Å²) in [5, 5.41) is 20.2. The number of aromatic amines is 1. The van der Waals surface area contributed by atoms with Crippen LogP contribution < -0.4 is 4.87 Å². The van der Waals surface area contributed by atoms with E-state index < -0.39 is 0 Å². The van der Waals surface area contributed by atoms with Crippen molar-refractivity contribution in [2.75, 3.05) is 7.05 Å². The van der Waals surface area contributed by atoms with E-state index in [0.717, 1.165) is 40.9 Å². The van der Waals surface area contributed by atoms with E-state index in [9.17, 15) is 19.8 Å². The van der Waals surface area contributed by atoms with Crippen LogP contribution in [0.3, 0.4) is 0 Å². The molecule has 0 aliphatic heterocycles. The lowest BCUT2D eigenvalue weighted by Gasteiger charge is -2.18. The Kier molecular flexibility index (Phi) is 8.72. The number of unbranched alkanes of at least 4 members (excludes halogenated alkanes) is 4. The van der Waals surface area contributed by atoms with Crippen molar-refractivity contribution in [1.82, 2.24) is 9.88 Å². The van der Waals surface area contributed by atoms with Gasteiger partial charge in [-0.2, -0.15) is 0 Å². The highest BCUT2D eigenvalue weighted by Crippen LogP contribution is 2.31. The average molecular weight is 469 g/mol. The van der Waals surface area contributed by atoms with Crippen molar-refractivity contribution in [3.8, 4) is 22.8 Å². The smallest absolute Gasteiger partial charge is 0.307 e. The number of hydrogen-bond donors (Lipinski definition) is 3. The number of nitrogens with zero attached hydrogens (tertiary/aromatic N) is 1. The van der Waals surface area contributed by atoms with Gasteiger partial charge in [-0.05, 0) is 35.2 Å². The summed E-state index contributed by atoms with van der Waals surface area (Å²) in [4.78, 5) is 28.3. The number of phenolic OH excluding ortho intramolecular Hbond substituents is 1. The molecule has 7 heteroatoms. The number of amides is 1. The van der Waals surface area contributed by atoms with Crippen molar-refractivity contribution in [2.24, 2.45) is 0 Å². The van der Waals surface area contributed by atoms with E-state index in [4.69, 9.17) is 0 Å². The van der Waals surface area contributed by atoms with Gasteiger partial charge in [-0.25, -0.2) is 0 Å². The quantitative estimate of drug-likeness (QED) is 0.327. The van der Waals surface area contributed by atoms with Crippen LogP contribution in [0, 0.1) is 0 Å². The molecule has 0 saturated heterocycles. The number of phenols is 1. The first-order chi connectivity index (χ1) is 15.9. The molecule has 3 N–H and O–H groups in total. The number of H-pyrrole nitrogens is 1. The lowest BCUT2D eigenvalue weighted by atomic mass is 9.99. The van der Waals surface area contributed by atoms with Crippen LogP contribution in [0.25, 0.3) is 11.1 Å². The third-order valence-electron chi connectivity index (χ3n) is 5.73. The predicted molar refractivity (Wildman–Crippen MR) is 133 cm³/mol. The van der Waals surface area contributed by atoms with Gasteiger partial charge in [0.05, 0.1) is 4.88 Å². The maximum atomic E-state index is 12.5. The standard InChI is InChI=1S/C26H32N2O4S/c1-3-4-5-6-7-8-24(30)28(2)17-19-11-14-22(29)21(15-19)20-12-9-18(10-13-20)16-23-25(31)27-26(32)33-23/h9-15,29,31H,3-8,16-17H2,1-2H3,(H,27,32). The minimum Gasteiger partial charge on any atom is -0.507 e. The molecule has 0 atom stereocenters. The third-order valence-corrected chi connectivity index (χ3v) is 6.60. The molecule has 176 valence electrons. The van der Waals surface area contributed by atoms with Crippen LogP contribution in [0.2, 0.25) is 0 Å². The highest BCUT2D eigenvalue weighted by molar-refractivity contribution is 7.09. The molecule has 0 fully saturated rings. The Balaban J connectivity index is 1.64. The summed E-state index contributed by atoms with van der Waals surface area (Å²) < 4.78 is 0. The fraction of sp³-hybridized carbons (Fsp3) is 0.385. The van der Waals surface area contributed by atoms with Crippen LogP contribution in [-0.4, -0.2) is 33.1 Å². The normalized spacial score (nSPS) is 11.0. The Morgan fingerprint density at radius 2 is 1.70 bits per heavy atom. The minimum absolute atomic E-state index is 0.0842. The fourth-order valence-electron chi connectivity index (χ4n) is 3.80. The third kappa shape index (κ3) is 6.96. The van der Waals surface area contributed by atoms with Crippen molar-refractivity contribution in [3.05, 3.63) is 68.1 Å². The first-order valence-electron chi connectivity index (χ1n) is 11.4. The van der Waals surface area contributed by atoms with Crippen LogP contribution in [-0.2, 0) is 17.8 Å². The molecule has 0 bridgehead atoms. The lowest BCUT2D eigenvalue weighted by Crippen LogP contribution is -2.25. The van der Waals surface area contributed by atoms with Gasteiger partial charge >= 0.3 is 4.87 Å². The summed E-state index contributed by atoms with van der Waals surface area (Å²) >= 11 is 0.997. The molecule has 3 rings (SSSR count). The zero-order valence-corrected chi connectivity index (χ0v) is 20.1. The van der Waals surface area contributed by atoms with E-state index in [1.807, 2.05) is 43.4 Å². The fourth-order valence-corrected chi connectivity index (χ4v) is 4.56. The van der Waals surface area contributed by atoms with Crippen LogP contribution in [0.4, 0.5) is 0 Å². The molecule has 0 unspecified atom stereocenters. The van der Waals surface area contributed by atoms with Gasteiger partial charge in [-0.3, -0.25) is 14.6 Å². The van der Waals surface area contributed by atoms with Gasteiger partial charge in [0.15, 0.2) is 0 Å². The van der Waals surface area contributed by atoms with Gasteiger partial charge in [0, 0.05) is 32.0 Å². The van der Waals surface area contributed by atoms with E-state index in [1.165, 1.54) is 19.3 Å². The second-order valence-electron chi connectivity index (χ2n) is 8.43. The SMILES string of the molecule is CCCCCCCC(=O)N(C)Cc1ccc(O)c(-c2ccc(Cc3sc(=O)[nH]c3O)cc2)c1. The van der Waals surface area contributed by atoms with Crippen molar-refractivity contribution in [3.63, 3.8) is 0 Å². The number of carbonyl (C=O) groups is 1. The number of rotatable bonds is 11. The van der Waals surface area contributed by atoms with Crippen molar-refractivity contribution < 1.29 is 15.0 Å². The number of hydrogen-bond acceptors (Lipinski definition) is 5. The maximum Gasteiger partial charge on any atom is 0.307 e. The summed E-state index contributed by atoms with van der Waals surface area (Å²) in [7, 11) is 1.82. The summed E-state index contributed by atoms with van der Waals surface area (Å²) in [5.41, 5.74) is 3.46. The summed E-state index contributed by atoms with van der Waals surface area (Å²) in [6.45, 7) is 2.67. The Hall–Kier alpha value is -3.06. The summed E-state index contributed by atoms with van der Waals surface area (Å²) in [6.07, 6.45) is 6.63. The summed E-state index contributed by atoms with van der Waals surface area (Å²) in [5.74, 6) is 0.234. The predicted octanol–water partition coefficient (Wildman–Crippen LogP) is 5.42. The van der Waals surface area contributed by atoms with Gasteiger partial charge in [-0.15, -0.1) is 0 Å². The van der Waals surface area contributed by atoms with Gasteiger partial charge in [-0.1, -0.05) is 74.3 Å². The number of carbonyl (C=O) groups excluding carboxylic acids is 1. The molecule has 33 heavy (non-hydrogen) atoms. The molecule has 3 aromatic rings. The molecule has 0 radical (unpaired) electrons. The Morgan fingerprint density at radius 1 is 1.00 bits per heavy atom. The molecular weight excluding hydrogens is 436 g/mol. The number of benzene rings is 2. The Morgan fingerprint density at radius 3 is 2.36 bits per heavy atom. The molecule has 0 aliphatic carbocycles. The van der Waals surface area contributed by atoms with E-state index in [-0.39, 0.29) is 22.4 Å². The number of thiazole rings is 1. The molecule has 0 aliphatic rings. The minimum atomic E-state index is -0.277. The van der Waals surface area contributed by atoms with Gasteiger partial charge < -0.3 is 15.1 Å². The second-order valence-corrected chi connectivity index (χ2v) is 9.49. The van der Waals surface area contributed by atoms with E-state index in [0.29, 0.717) is 29.8 Å². The molecule has 1 amide bonds. The highest BCUT2D eigenvalue weighted by Gasteiger charge is 2.12. The van der Waals surface area contributed by atoms with Crippen LogP contribution in [0.15, 0.2) is 47.3 Å². The van der Waals surface area contributed by atoms with Crippen molar-refractivity contribution >= 4 is 17.2 Å². The zero-order chi connectivity index (χ0) is 23.8. The first kappa shape index (κ1) is 24.6. The van der Waals surface area contributed by atoms with Crippen molar-refractivity contribution in [2.45, 2.75) is 58.4 Å². The largest absolute Gasteiger partial charge is 0.507 e. The molecule has 6 nitrogen and oxygen atoms in total. The number of nitrogens with one attached hydrogen (secondary N) is 1. The molecule has 0 spiro atoms. The van der Waals surface area contributed by atoms with Gasteiger partial charge in [0.1, 0.15) is 5.75 Å². The molecular formula is C26H32N2O4S. The van der Waals surface area contributed by atoms with Crippen LogP contribution >= 0.6 is 11.3 Å². The molecule has 1 aromatic heterocycles. The highest BCUT2D eigenvalue weighted by atomic mass is 32.1. The van der Waals surface area contributed by atoms with E-state index in [2.05, 4.69) is 11.9 Å². The Bertz CT molecular complexity index is 1120. The van der Waals surface area contributed by atoms with Crippen LogP contribution in [0.1, 0.15) is 61.5 Å². The first-order valence-corrected chi connectivity index (χ1v) is 12.2. The average Bonchev–Trinajstić information content (AvgIpc) is 3.11. The molecule has 1 heterocycles. The van der Waals surface area contributed by atoms with Gasteiger partial charge in [0.2, 0.25) is 11.8 Å². The summed E-state index contributed by atoms with van der Waals surface area (Å²) in [6, 6.07) is 13.1.